The van der Waals surface area contributed by atoms with Crippen molar-refractivity contribution >= 4 is 44.6 Å². The Balaban J connectivity index is 1.67. The standard InChI is InChI=1S/C19H21Cl2N3O3S/c1-23-3-5-24(6-4-23)18-12-16(8-13-2-7-27-19(13)18)22-28(25,26)17-10-14(20)9-15(21)11-17/h8-12,22H,2-7H2,1H3. The van der Waals surface area contributed by atoms with E-state index in [0.29, 0.717) is 12.3 Å². The highest BCUT2D eigenvalue weighted by Gasteiger charge is 2.25. The van der Waals surface area contributed by atoms with Crippen molar-refractivity contribution in [1.29, 1.82) is 0 Å². The van der Waals surface area contributed by atoms with E-state index in [1.807, 2.05) is 12.1 Å². The van der Waals surface area contributed by atoms with Crippen molar-refractivity contribution < 1.29 is 13.2 Å². The average molecular weight is 442 g/mol. The summed E-state index contributed by atoms with van der Waals surface area (Å²) in [5.41, 5.74) is 2.46. The van der Waals surface area contributed by atoms with E-state index in [1.54, 1.807) is 0 Å². The van der Waals surface area contributed by atoms with Crippen LogP contribution in [-0.2, 0) is 16.4 Å². The second-order valence-corrected chi connectivity index (χ2v) is 9.64. The van der Waals surface area contributed by atoms with Gasteiger partial charge in [0.1, 0.15) is 5.75 Å². The van der Waals surface area contributed by atoms with Crippen LogP contribution >= 0.6 is 23.2 Å². The summed E-state index contributed by atoms with van der Waals surface area (Å²) in [5, 5.41) is 0.543. The van der Waals surface area contributed by atoms with Crippen LogP contribution in [0.5, 0.6) is 5.75 Å². The second kappa shape index (κ2) is 7.63. The van der Waals surface area contributed by atoms with E-state index >= 15 is 0 Å². The number of nitrogens with zero attached hydrogens (tertiary/aromatic N) is 2. The number of nitrogens with one attached hydrogen (secondary N) is 1. The van der Waals surface area contributed by atoms with Crippen molar-refractivity contribution in [2.45, 2.75) is 11.3 Å². The maximum atomic E-state index is 12.9. The summed E-state index contributed by atoms with van der Waals surface area (Å²) in [6.45, 7) is 4.24. The molecule has 150 valence electrons. The number of likely N-dealkylation sites (N-methyl/N-ethyl adjacent to an activating group) is 1. The minimum Gasteiger partial charge on any atom is -0.491 e. The topological polar surface area (TPSA) is 61.9 Å². The maximum Gasteiger partial charge on any atom is 0.261 e. The van der Waals surface area contributed by atoms with Crippen molar-refractivity contribution in [3.05, 3.63) is 45.9 Å². The molecular weight excluding hydrogens is 421 g/mol. The van der Waals surface area contributed by atoms with Crippen LogP contribution in [0.1, 0.15) is 5.56 Å². The summed E-state index contributed by atoms with van der Waals surface area (Å²) in [5.74, 6) is 0.860. The van der Waals surface area contributed by atoms with Crippen molar-refractivity contribution in [3.8, 4) is 5.75 Å². The number of anilines is 2. The number of hydrogen-bond acceptors (Lipinski definition) is 5. The highest BCUT2D eigenvalue weighted by molar-refractivity contribution is 7.92. The van der Waals surface area contributed by atoms with Gasteiger partial charge >= 0.3 is 0 Å². The molecule has 0 bridgehead atoms. The molecule has 28 heavy (non-hydrogen) atoms. The van der Waals surface area contributed by atoms with Crippen molar-refractivity contribution in [1.82, 2.24) is 4.90 Å². The Hall–Kier alpha value is -1.67. The van der Waals surface area contributed by atoms with Crippen LogP contribution in [0.3, 0.4) is 0 Å². The van der Waals surface area contributed by atoms with Gasteiger partial charge in [0.05, 0.1) is 22.9 Å². The third-order valence-corrected chi connectivity index (χ3v) is 6.80. The third-order valence-electron chi connectivity index (χ3n) is 5.01. The summed E-state index contributed by atoms with van der Waals surface area (Å²) < 4.78 is 34.2. The molecule has 0 amide bonds. The number of benzene rings is 2. The lowest BCUT2D eigenvalue weighted by Crippen LogP contribution is -2.44. The second-order valence-electron chi connectivity index (χ2n) is 7.08. The molecule has 0 aromatic heterocycles. The molecule has 2 aliphatic rings. The fourth-order valence-corrected chi connectivity index (χ4v) is 5.29. The Kier molecular flexibility index (Phi) is 5.35. The third kappa shape index (κ3) is 4.03. The smallest absolute Gasteiger partial charge is 0.261 e. The minimum atomic E-state index is -3.82. The van der Waals surface area contributed by atoms with E-state index in [4.69, 9.17) is 27.9 Å². The van der Waals surface area contributed by atoms with E-state index in [2.05, 4.69) is 21.6 Å². The molecule has 0 aliphatic carbocycles. The summed E-state index contributed by atoms with van der Waals surface area (Å²) in [4.78, 5) is 4.55. The van der Waals surface area contributed by atoms with Crippen molar-refractivity contribution in [3.63, 3.8) is 0 Å². The molecule has 6 nitrogen and oxygen atoms in total. The monoisotopic (exact) mass is 441 g/mol. The quantitative estimate of drug-likeness (QED) is 0.786. The Morgan fingerprint density at radius 1 is 1.00 bits per heavy atom. The number of piperazine rings is 1. The van der Waals surface area contributed by atoms with E-state index < -0.39 is 10.0 Å². The summed E-state index contributed by atoms with van der Waals surface area (Å²) in [7, 11) is -1.72. The number of rotatable bonds is 4. The van der Waals surface area contributed by atoms with Crippen LogP contribution in [-0.4, -0.2) is 53.2 Å². The highest BCUT2D eigenvalue weighted by atomic mass is 35.5. The lowest BCUT2D eigenvalue weighted by molar-refractivity contribution is 0.309. The number of ether oxygens (including phenoxy) is 1. The zero-order chi connectivity index (χ0) is 19.9. The molecule has 0 radical (unpaired) electrons. The van der Waals surface area contributed by atoms with Gasteiger partial charge in [0.25, 0.3) is 10.0 Å². The van der Waals surface area contributed by atoms with Crippen LogP contribution in [0, 0.1) is 0 Å². The Morgan fingerprint density at radius 3 is 2.36 bits per heavy atom. The van der Waals surface area contributed by atoms with Gasteiger partial charge in [-0.3, -0.25) is 4.72 Å². The van der Waals surface area contributed by atoms with E-state index in [0.717, 1.165) is 49.6 Å². The molecule has 2 aromatic carbocycles. The van der Waals surface area contributed by atoms with Crippen molar-refractivity contribution in [2.24, 2.45) is 0 Å². The number of hydrogen-bond donors (Lipinski definition) is 1. The first-order valence-electron chi connectivity index (χ1n) is 9.04. The fourth-order valence-electron chi connectivity index (χ4n) is 3.53. The van der Waals surface area contributed by atoms with Crippen LogP contribution in [0.4, 0.5) is 11.4 Å². The van der Waals surface area contributed by atoms with Gasteiger partial charge in [0, 0.05) is 48.2 Å². The Morgan fingerprint density at radius 2 is 1.68 bits per heavy atom. The van der Waals surface area contributed by atoms with E-state index in [9.17, 15) is 8.42 Å². The van der Waals surface area contributed by atoms with Gasteiger partial charge in [-0.2, -0.15) is 0 Å². The van der Waals surface area contributed by atoms with Crippen LogP contribution in [0.25, 0.3) is 0 Å². The fraction of sp³-hybridized carbons (Fsp3) is 0.368. The Bertz CT molecular complexity index is 985. The van der Waals surface area contributed by atoms with Crippen LogP contribution in [0.15, 0.2) is 35.2 Å². The molecule has 2 aliphatic heterocycles. The molecule has 9 heteroatoms. The zero-order valence-electron chi connectivity index (χ0n) is 15.4. The molecule has 1 saturated heterocycles. The van der Waals surface area contributed by atoms with Gasteiger partial charge < -0.3 is 14.5 Å². The lowest BCUT2D eigenvalue weighted by atomic mass is 10.1. The van der Waals surface area contributed by atoms with Gasteiger partial charge in [-0.15, -0.1) is 0 Å². The first-order valence-corrected chi connectivity index (χ1v) is 11.3. The van der Waals surface area contributed by atoms with Gasteiger partial charge in [0.15, 0.2) is 0 Å². The molecular formula is C19H21Cl2N3O3S. The molecule has 0 atom stereocenters. The molecule has 2 aromatic rings. The van der Waals surface area contributed by atoms with E-state index in [1.165, 1.54) is 18.2 Å². The van der Waals surface area contributed by atoms with Crippen molar-refractivity contribution in [2.75, 3.05) is 49.5 Å². The SMILES string of the molecule is CN1CCN(c2cc(NS(=O)(=O)c3cc(Cl)cc(Cl)c3)cc3c2OCC3)CC1. The zero-order valence-corrected chi connectivity index (χ0v) is 17.7. The normalized spacial score (nSPS) is 17.3. The predicted octanol–water partition coefficient (Wildman–Crippen LogP) is 3.48. The molecule has 0 unspecified atom stereocenters. The predicted molar refractivity (Wildman–Crippen MR) is 113 cm³/mol. The molecule has 4 rings (SSSR count). The highest BCUT2D eigenvalue weighted by Crippen LogP contribution is 2.40. The largest absolute Gasteiger partial charge is 0.491 e. The number of fused-ring (bicyclic) bond motifs is 1. The van der Waals surface area contributed by atoms with Crippen LogP contribution < -0.4 is 14.4 Å². The number of halogens is 2. The number of sulfonamides is 1. The van der Waals surface area contributed by atoms with Gasteiger partial charge in [-0.05, 0) is 37.4 Å². The first kappa shape index (κ1) is 19.6. The molecule has 2 heterocycles. The van der Waals surface area contributed by atoms with Crippen LogP contribution in [0.2, 0.25) is 10.0 Å². The Labute approximate surface area is 175 Å². The molecule has 0 spiro atoms. The van der Waals surface area contributed by atoms with Gasteiger partial charge in [-0.25, -0.2) is 8.42 Å². The summed E-state index contributed by atoms with van der Waals surface area (Å²) >= 11 is 11.9. The first-order chi connectivity index (χ1) is 13.3. The van der Waals surface area contributed by atoms with Gasteiger partial charge in [-0.1, -0.05) is 23.2 Å². The molecule has 1 fully saturated rings. The van der Waals surface area contributed by atoms with Gasteiger partial charge in [0.2, 0.25) is 0 Å². The summed E-state index contributed by atoms with van der Waals surface area (Å²) in [6, 6.07) is 7.95. The molecule has 0 saturated carbocycles. The maximum absolute atomic E-state index is 12.9. The van der Waals surface area contributed by atoms with E-state index in [-0.39, 0.29) is 14.9 Å². The minimum absolute atomic E-state index is 0.0305. The molecule has 1 N–H and O–H groups in total. The lowest BCUT2D eigenvalue weighted by Gasteiger charge is -2.35. The average Bonchev–Trinajstić information content (AvgIpc) is 3.09. The summed E-state index contributed by atoms with van der Waals surface area (Å²) in [6.07, 6.45) is 0.759.